The molecule has 1 saturated heterocycles. The molecule has 2 heterocycles. The van der Waals surface area contributed by atoms with Gasteiger partial charge in [-0.1, -0.05) is 23.2 Å². The first-order valence-electron chi connectivity index (χ1n) is 7.55. The first-order chi connectivity index (χ1) is 11.5. The summed E-state index contributed by atoms with van der Waals surface area (Å²) in [5.41, 5.74) is 1.60. The van der Waals surface area contributed by atoms with E-state index in [4.69, 9.17) is 27.9 Å². The van der Waals surface area contributed by atoms with E-state index in [-0.39, 0.29) is 5.91 Å². The van der Waals surface area contributed by atoms with E-state index in [1.807, 2.05) is 5.38 Å². The lowest BCUT2D eigenvalue weighted by Crippen LogP contribution is -2.35. The molecule has 1 aromatic carbocycles. The summed E-state index contributed by atoms with van der Waals surface area (Å²) >= 11 is 13.5. The molecule has 0 saturated carbocycles. The number of hydrogen-bond donors (Lipinski definition) is 0. The maximum atomic E-state index is 12.1. The Balaban J connectivity index is 1.81. The first-order valence-corrected chi connectivity index (χ1v) is 9.18. The van der Waals surface area contributed by atoms with Crippen LogP contribution >= 0.6 is 34.5 Å². The van der Waals surface area contributed by atoms with Crippen LogP contribution in [0.3, 0.4) is 0 Å². The summed E-state index contributed by atoms with van der Waals surface area (Å²) in [5, 5.41) is 3.48. The van der Waals surface area contributed by atoms with E-state index in [0.717, 1.165) is 38.5 Å². The maximum absolute atomic E-state index is 12.1. The quantitative estimate of drug-likeness (QED) is 0.798. The van der Waals surface area contributed by atoms with Gasteiger partial charge in [-0.05, 0) is 18.2 Å². The highest BCUT2D eigenvalue weighted by atomic mass is 35.5. The Bertz CT molecular complexity index is 732. The number of thiazole rings is 1. The zero-order valence-corrected chi connectivity index (χ0v) is 15.5. The number of hydrogen-bond acceptors (Lipinski definition) is 5. The minimum absolute atomic E-state index is 0.124. The normalized spacial score (nSPS) is 15.5. The number of carbonyl (C=O) groups excluding carboxylic acids is 1. The number of carbonyl (C=O) groups is 1. The minimum Gasteiger partial charge on any atom is -0.379 e. The number of anilines is 2. The Labute approximate surface area is 154 Å². The minimum atomic E-state index is -0.124. The number of nitrogens with zero attached hydrogens (tertiary/aromatic N) is 3. The molecule has 3 rings (SSSR count). The Morgan fingerprint density at radius 3 is 2.75 bits per heavy atom. The van der Waals surface area contributed by atoms with Gasteiger partial charge in [0.1, 0.15) is 0 Å². The first kappa shape index (κ1) is 17.6. The van der Waals surface area contributed by atoms with E-state index in [9.17, 15) is 4.79 Å². The predicted octanol–water partition coefficient (Wildman–Crippen LogP) is 3.97. The average molecular weight is 386 g/mol. The lowest BCUT2D eigenvalue weighted by atomic mass is 10.3. The fraction of sp³-hybridized carbons (Fsp3) is 0.375. The third-order valence-electron chi connectivity index (χ3n) is 3.70. The molecular formula is C16H17Cl2N3O2S. The van der Waals surface area contributed by atoms with Crippen molar-refractivity contribution in [2.75, 3.05) is 31.2 Å². The summed E-state index contributed by atoms with van der Waals surface area (Å²) in [6.07, 6.45) is 0. The van der Waals surface area contributed by atoms with Gasteiger partial charge in [-0.2, -0.15) is 0 Å². The number of halogens is 2. The molecule has 1 aliphatic heterocycles. The van der Waals surface area contributed by atoms with Crippen LogP contribution in [0.5, 0.6) is 0 Å². The van der Waals surface area contributed by atoms with Crippen molar-refractivity contribution < 1.29 is 9.53 Å². The molecule has 2 aromatic rings. The monoisotopic (exact) mass is 385 g/mol. The molecule has 0 spiro atoms. The SMILES string of the molecule is CC(=O)N(c1ccc(Cl)c(Cl)c1)c1nc(CN2CCOCC2)cs1. The van der Waals surface area contributed by atoms with Gasteiger partial charge in [0.15, 0.2) is 5.13 Å². The van der Waals surface area contributed by atoms with Crippen LogP contribution in [0, 0.1) is 0 Å². The van der Waals surface area contributed by atoms with Crippen molar-refractivity contribution in [2.24, 2.45) is 0 Å². The van der Waals surface area contributed by atoms with E-state index in [0.29, 0.717) is 20.9 Å². The van der Waals surface area contributed by atoms with Crippen molar-refractivity contribution in [3.05, 3.63) is 39.3 Å². The molecule has 0 radical (unpaired) electrons. The van der Waals surface area contributed by atoms with Crippen molar-refractivity contribution in [3.8, 4) is 0 Å². The number of ether oxygens (including phenoxy) is 1. The van der Waals surface area contributed by atoms with Gasteiger partial charge in [0.05, 0.1) is 34.6 Å². The van der Waals surface area contributed by atoms with Gasteiger partial charge in [-0.3, -0.25) is 14.6 Å². The summed E-state index contributed by atoms with van der Waals surface area (Å²) in [4.78, 5) is 20.6. The summed E-state index contributed by atoms with van der Waals surface area (Å²) in [6, 6.07) is 5.12. The van der Waals surface area contributed by atoms with Crippen molar-refractivity contribution in [1.29, 1.82) is 0 Å². The Hall–Kier alpha value is -1.18. The summed E-state index contributed by atoms with van der Waals surface area (Å²) in [5.74, 6) is -0.124. The van der Waals surface area contributed by atoms with E-state index >= 15 is 0 Å². The fourth-order valence-electron chi connectivity index (χ4n) is 2.51. The highest BCUT2D eigenvalue weighted by Crippen LogP contribution is 2.33. The summed E-state index contributed by atoms with van der Waals surface area (Å²) < 4.78 is 5.36. The zero-order valence-electron chi connectivity index (χ0n) is 13.2. The van der Waals surface area contributed by atoms with Crippen LogP contribution in [0.4, 0.5) is 10.8 Å². The second-order valence-electron chi connectivity index (χ2n) is 5.46. The molecule has 128 valence electrons. The van der Waals surface area contributed by atoms with Gasteiger partial charge in [0.25, 0.3) is 0 Å². The van der Waals surface area contributed by atoms with Crippen LogP contribution in [0.1, 0.15) is 12.6 Å². The lowest BCUT2D eigenvalue weighted by Gasteiger charge is -2.25. The number of benzene rings is 1. The van der Waals surface area contributed by atoms with Gasteiger partial charge in [0, 0.05) is 31.9 Å². The molecule has 0 unspecified atom stereocenters. The summed E-state index contributed by atoms with van der Waals surface area (Å²) in [6.45, 7) is 5.56. The Kier molecular flexibility index (Phi) is 5.73. The topological polar surface area (TPSA) is 45.7 Å². The molecule has 0 bridgehead atoms. The Morgan fingerprint density at radius 2 is 2.08 bits per heavy atom. The molecular weight excluding hydrogens is 369 g/mol. The van der Waals surface area contributed by atoms with Crippen LogP contribution in [-0.2, 0) is 16.1 Å². The fourth-order valence-corrected chi connectivity index (χ4v) is 3.68. The van der Waals surface area contributed by atoms with Crippen LogP contribution in [0.2, 0.25) is 10.0 Å². The van der Waals surface area contributed by atoms with Crippen molar-refractivity contribution in [1.82, 2.24) is 9.88 Å². The average Bonchev–Trinajstić information content (AvgIpc) is 2.99. The van der Waals surface area contributed by atoms with Gasteiger partial charge in [-0.25, -0.2) is 4.98 Å². The number of morpholine rings is 1. The molecule has 5 nitrogen and oxygen atoms in total. The number of amides is 1. The largest absolute Gasteiger partial charge is 0.379 e. The molecule has 1 fully saturated rings. The van der Waals surface area contributed by atoms with E-state index in [2.05, 4.69) is 9.88 Å². The second-order valence-corrected chi connectivity index (χ2v) is 7.11. The van der Waals surface area contributed by atoms with Crippen LogP contribution in [0.15, 0.2) is 23.6 Å². The number of aromatic nitrogens is 1. The van der Waals surface area contributed by atoms with Gasteiger partial charge >= 0.3 is 0 Å². The van der Waals surface area contributed by atoms with Crippen LogP contribution in [-0.4, -0.2) is 42.1 Å². The van der Waals surface area contributed by atoms with E-state index < -0.39 is 0 Å². The molecule has 1 aliphatic rings. The molecule has 0 atom stereocenters. The van der Waals surface area contributed by atoms with Crippen LogP contribution in [0.25, 0.3) is 0 Å². The second kappa shape index (κ2) is 7.80. The van der Waals surface area contributed by atoms with E-state index in [1.165, 1.54) is 18.3 Å². The van der Waals surface area contributed by atoms with Crippen molar-refractivity contribution in [3.63, 3.8) is 0 Å². The lowest BCUT2D eigenvalue weighted by molar-refractivity contribution is -0.115. The third-order valence-corrected chi connectivity index (χ3v) is 5.31. The van der Waals surface area contributed by atoms with E-state index in [1.54, 1.807) is 23.1 Å². The molecule has 24 heavy (non-hydrogen) atoms. The molecule has 1 amide bonds. The standard InChI is InChI=1S/C16H17Cl2N3O2S/c1-11(22)21(13-2-3-14(17)15(18)8-13)16-19-12(10-24-16)9-20-4-6-23-7-5-20/h2-3,8,10H,4-7,9H2,1H3. The molecule has 8 heteroatoms. The predicted molar refractivity (Wildman–Crippen MR) is 97.5 cm³/mol. The Morgan fingerprint density at radius 1 is 1.33 bits per heavy atom. The highest BCUT2D eigenvalue weighted by molar-refractivity contribution is 7.14. The number of rotatable bonds is 4. The summed E-state index contributed by atoms with van der Waals surface area (Å²) in [7, 11) is 0. The molecule has 0 aliphatic carbocycles. The van der Waals surface area contributed by atoms with Gasteiger partial charge < -0.3 is 4.74 Å². The highest BCUT2D eigenvalue weighted by Gasteiger charge is 2.20. The smallest absolute Gasteiger partial charge is 0.230 e. The van der Waals surface area contributed by atoms with Crippen LogP contribution < -0.4 is 4.90 Å². The van der Waals surface area contributed by atoms with Crippen molar-refractivity contribution >= 4 is 51.3 Å². The van der Waals surface area contributed by atoms with Gasteiger partial charge in [-0.15, -0.1) is 11.3 Å². The third kappa shape index (κ3) is 4.07. The molecule has 1 aromatic heterocycles. The van der Waals surface area contributed by atoms with Gasteiger partial charge in [0.2, 0.25) is 5.91 Å². The zero-order chi connectivity index (χ0) is 17.1. The molecule has 0 N–H and O–H groups in total. The van der Waals surface area contributed by atoms with Crippen molar-refractivity contribution in [2.45, 2.75) is 13.5 Å². The maximum Gasteiger partial charge on any atom is 0.230 e.